The molecule has 180 valence electrons. The number of furan rings is 1. The average Bonchev–Trinajstić information content (AvgIpc) is 3.60. The zero-order valence-electron chi connectivity index (χ0n) is 18.5. The lowest BCUT2D eigenvalue weighted by Crippen LogP contribution is -2.44. The molecular weight excluding hydrogens is 478 g/mol. The molecule has 0 spiro atoms. The molecule has 3 aromatic heterocycles. The van der Waals surface area contributed by atoms with Gasteiger partial charge in [0.25, 0.3) is 17.7 Å². The van der Waals surface area contributed by atoms with E-state index in [0.29, 0.717) is 24.7 Å². The van der Waals surface area contributed by atoms with Gasteiger partial charge in [0.2, 0.25) is 0 Å². The molecule has 0 bridgehead atoms. The SMILES string of the molecule is Cc1ccc(C(C(=O)NCC2CCCO2)N(Cc2cccs2)C(=O)c2snc(C(N)=O)c2N)o1. The van der Waals surface area contributed by atoms with Crippen molar-refractivity contribution in [2.75, 3.05) is 18.9 Å². The van der Waals surface area contributed by atoms with Gasteiger partial charge in [-0.15, -0.1) is 11.3 Å². The van der Waals surface area contributed by atoms with Crippen LogP contribution in [0.4, 0.5) is 5.69 Å². The summed E-state index contributed by atoms with van der Waals surface area (Å²) >= 11 is 2.22. The number of hydrogen-bond donors (Lipinski definition) is 3. The number of nitrogens with zero attached hydrogens (tertiary/aromatic N) is 2. The molecule has 3 aromatic rings. The van der Waals surface area contributed by atoms with Crippen molar-refractivity contribution >= 4 is 46.3 Å². The number of nitrogens with two attached hydrogens (primary N) is 2. The Bertz CT molecular complexity index is 1170. The number of thiophene rings is 1. The number of primary amides is 1. The largest absolute Gasteiger partial charge is 0.464 e. The van der Waals surface area contributed by atoms with E-state index in [1.165, 1.54) is 16.2 Å². The Kier molecular flexibility index (Phi) is 7.29. The van der Waals surface area contributed by atoms with Gasteiger partial charge in [-0.3, -0.25) is 14.4 Å². The summed E-state index contributed by atoms with van der Waals surface area (Å²) in [4.78, 5) is 41.1. The van der Waals surface area contributed by atoms with E-state index in [0.717, 1.165) is 29.3 Å². The van der Waals surface area contributed by atoms with Crippen LogP contribution >= 0.6 is 22.9 Å². The monoisotopic (exact) mass is 503 g/mol. The van der Waals surface area contributed by atoms with Gasteiger partial charge >= 0.3 is 0 Å². The fraction of sp³-hybridized carbons (Fsp3) is 0.364. The van der Waals surface area contributed by atoms with Gasteiger partial charge < -0.3 is 30.8 Å². The zero-order chi connectivity index (χ0) is 24.2. The first kappa shape index (κ1) is 23.9. The van der Waals surface area contributed by atoms with Crippen LogP contribution in [0.15, 0.2) is 34.1 Å². The number of carbonyl (C=O) groups excluding carboxylic acids is 3. The second-order valence-corrected chi connectivity index (χ2v) is 9.69. The van der Waals surface area contributed by atoms with Crippen molar-refractivity contribution in [1.29, 1.82) is 0 Å². The van der Waals surface area contributed by atoms with Crippen LogP contribution in [0.1, 0.15) is 55.4 Å². The zero-order valence-corrected chi connectivity index (χ0v) is 20.1. The number of ether oxygens (including phenoxy) is 1. The Labute approximate surface area is 204 Å². The third kappa shape index (κ3) is 5.13. The number of nitrogen functional groups attached to an aromatic ring is 1. The standard InChI is InChI=1S/C22H25N5O5S2/c1-12-6-7-15(32-12)18(21(29)25-10-13-4-2-8-31-13)27(11-14-5-3-9-33-14)22(30)19-16(23)17(20(24)28)26-34-19/h3,5-7,9,13,18H,2,4,8,10-11,23H2,1H3,(H2,24,28)(H,25,29). The molecule has 0 radical (unpaired) electrons. The maximum absolute atomic E-state index is 13.7. The highest BCUT2D eigenvalue weighted by Crippen LogP contribution is 2.31. The number of rotatable bonds is 9. The van der Waals surface area contributed by atoms with Crippen molar-refractivity contribution in [3.63, 3.8) is 0 Å². The Hall–Kier alpha value is -3.22. The summed E-state index contributed by atoms with van der Waals surface area (Å²) in [5.74, 6) is -0.880. The molecule has 1 aliphatic rings. The summed E-state index contributed by atoms with van der Waals surface area (Å²) in [5.41, 5.74) is 11.1. The number of anilines is 1. The fourth-order valence-corrected chi connectivity index (χ4v) is 5.22. The van der Waals surface area contributed by atoms with Crippen molar-refractivity contribution in [3.8, 4) is 0 Å². The minimum absolute atomic E-state index is 0.0329. The normalized spacial score (nSPS) is 16.3. The molecule has 2 atom stereocenters. The lowest BCUT2D eigenvalue weighted by atomic mass is 10.1. The molecule has 12 heteroatoms. The van der Waals surface area contributed by atoms with Crippen LogP contribution in [-0.4, -0.2) is 46.3 Å². The summed E-state index contributed by atoms with van der Waals surface area (Å²) in [6.07, 6.45) is 1.73. The fourth-order valence-electron chi connectivity index (χ4n) is 3.75. The van der Waals surface area contributed by atoms with Gasteiger partial charge in [0.15, 0.2) is 11.7 Å². The highest BCUT2D eigenvalue weighted by Gasteiger charge is 2.37. The molecule has 10 nitrogen and oxygen atoms in total. The maximum atomic E-state index is 13.7. The predicted molar refractivity (Wildman–Crippen MR) is 127 cm³/mol. The molecule has 0 aromatic carbocycles. The van der Waals surface area contributed by atoms with Crippen LogP contribution < -0.4 is 16.8 Å². The highest BCUT2D eigenvalue weighted by molar-refractivity contribution is 7.10. The second-order valence-electron chi connectivity index (χ2n) is 7.88. The predicted octanol–water partition coefficient (Wildman–Crippen LogP) is 2.47. The van der Waals surface area contributed by atoms with Crippen molar-refractivity contribution < 1.29 is 23.5 Å². The molecule has 4 rings (SSSR count). The van der Waals surface area contributed by atoms with Gasteiger partial charge in [0, 0.05) is 18.0 Å². The number of hydrogen-bond acceptors (Lipinski definition) is 9. The number of carbonyl (C=O) groups is 3. The van der Waals surface area contributed by atoms with Crippen LogP contribution in [0.2, 0.25) is 0 Å². The molecule has 1 fully saturated rings. The smallest absolute Gasteiger partial charge is 0.270 e. The molecule has 4 heterocycles. The van der Waals surface area contributed by atoms with Crippen LogP contribution in [0.25, 0.3) is 0 Å². The molecule has 34 heavy (non-hydrogen) atoms. The lowest BCUT2D eigenvalue weighted by Gasteiger charge is -2.29. The summed E-state index contributed by atoms with van der Waals surface area (Å²) in [7, 11) is 0. The lowest BCUT2D eigenvalue weighted by molar-refractivity contribution is -0.127. The molecule has 3 amide bonds. The highest BCUT2D eigenvalue weighted by atomic mass is 32.1. The minimum atomic E-state index is -1.08. The van der Waals surface area contributed by atoms with Gasteiger partial charge in [-0.25, -0.2) is 0 Å². The Morgan fingerprint density at radius 3 is 2.74 bits per heavy atom. The third-order valence-corrected chi connectivity index (χ3v) is 7.15. The maximum Gasteiger partial charge on any atom is 0.270 e. The van der Waals surface area contributed by atoms with Crippen LogP contribution in [-0.2, 0) is 16.1 Å². The summed E-state index contributed by atoms with van der Waals surface area (Å²) in [6.45, 7) is 2.87. The van der Waals surface area contributed by atoms with Gasteiger partial charge in [0.05, 0.1) is 18.3 Å². The first-order chi connectivity index (χ1) is 16.3. The topological polar surface area (TPSA) is 154 Å². The van der Waals surface area contributed by atoms with Crippen molar-refractivity contribution in [2.45, 2.75) is 38.5 Å². The molecule has 2 unspecified atom stereocenters. The number of aromatic nitrogens is 1. The van der Waals surface area contributed by atoms with Crippen LogP contribution in [0, 0.1) is 6.92 Å². The van der Waals surface area contributed by atoms with E-state index in [4.69, 9.17) is 20.6 Å². The molecule has 0 saturated carbocycles. The van der Waals surface area contributed by atoms with Crippen LogP contribution in [0.3, 0.4) is 0 Å². The van der Waals surface area contributed by atoms with Crippen molar-refractivity contribution in [1.82, 2.24) is 14.6 Å². The Morgan fingerprint density at radius 2 is 2.15 bits per heavy atom. The summed E-state index contributed by atoms with van der Waals surface area (Å²) in [6, 6.07) is 6.05. The van der Waals surface area contributed by atoms with E-state index in [2.05, 4.69) is 9.69 Å². The molecule has 5 N–H and O–H groups in total. The van der Waals surface area contributed by atoms with E-state index in [9.17, 15) is 14.4 Å². The van der Waals surface area contributed by atoms with E-state index in [1.807, 2.05) is 17.5 Å². The minimum Gasteiger partial charge on any atom is -0.464 e. The molecule has 0 aliphatic carbocycles. The van der Waals surface area contributed by atoms with Crippen molar-refractivity contribution in [2.24, 2.45) is 5.73 Å². The average molecular weight is 504 g/mol. The Morgan fingerprint density at radius 1 is 1.32 bits per heavy atom. The summed E-state index contributed by atoms with van der Waals surface area (Å²) < 4.78 is 15.4. The first-order valence-electron chi connectivity index (χ1n) is 10.7. The summed E-state index contributed by atoms with van der Waals surface area (Å²) in [5, 5.41) is 4.79. The van der Waals surface area contributed by atoms with Gasteiger partial charge in [0.1, 0.15) is 16.4 Å². The van der Waals surface area contributed by atoms with Crippen molar-refractivity contribution in [3.05, 3.63) is 56.6 Å². The van der Waals surface area contributed by atoms with E-state index >= 15 is 0 Å². The number of nitrogens with one attached hydrogen (secondary N) is 1. The molecule has 1 aliphatic heterocycles. The van der Waals surface area contributed by atoms with E-state index in [-0.39, 0.29) is 28.9 Å². The van der Waals surface area contributed by atoms with Crippen LogP contribution in [0.5, 0.6) is 0 Å². The van der Waals surface area contributed by atoms with E-state index < -0.39 is 23.8 Å². The first-order valence-corrected chi connectivity index (χ1v) is 12.3. The number of amides is 3. The van der Waals surface area contributed by atoms with E-state index in [1.54, 1.807) is 19.1 Å². The quantitative estimate of drug-likeness (QED) is 0.405. The molecular formula is C22H25N5O5S2. The van der Waals surface area contributed by atoms with Gasteiger partial charge in [-0.2, -0.15) is 4.37 Å². The second kappa shape index (κ2) is 10.4. The molecule has 1 saturated heterocycles. The van der Waals surface area contributed by atoms with Gasteiger partial charge in [-0.05, 0) is 54.9 Å². The number of aryl methyl sites for hydroxylation is 1. The Balaban J connectivity index is 1.70. The van der Waals surface area contributed by atoms with Gasteiger partial charge in [-0.1, -0.05) is 6.07 Å². The third-order valence-electron chi connectivity index (χ3n) is 5.44.